The van der Waals surface area contributed by atoms with Crippen molar-refractivity contribution in [2.75, 3.05) is 0 Å². The van der Waals surface area contributed by atoms with E-state index >= 15 is 0 Å². The molecule has 1 saturated carbocycles. The molecule has 4 nitrogen and oxygen atoms in total. The fourth-order valence-electron chi connectivity index (χ4n) is 2.00. The summed E-state index contributed by atoms with van der Waals surface area (Å²) in [5.41, 5.74) is -2.82. The molecule has 0 aliphatic heterocycles. The van der Waals surface area contributed by atoms with E-state index in [1.807, 2.05) is 0 Å². The molecule has 1 fully saturated rings. The maximum absolute atomic E-state index is 12.5. The predicted octanol–water partition coefficient (Wildman–Crippen LogP) is 2.84. The first kappa shape index (κ1) is 17.0. The van der Waals surface area contributed by atoms with E-state index in [4.69, 9.17) is 11.6 Å². The van der Waals surface area contributed by atoms with Crippen LogP contribution in [-0.4, -0.2) is 31.3 Å². The Morgan fingerprint density at radius 2 is 1.95 bits per heavy atom. The SMILES string of the molecule is O=S(=O)(NC1CC(O)(C(F)(F)F)C1)c1ccc(Br)c(Cl)c1. The average Bonchev–Trinajstić information content (AvgIpc) is 2.28. The van der Waals surface area contributed by atoms with Crippen LogP contribution in [0.15, 0.2) is 27.6 Å². The zero-order valence-corrected chi connectivity index (χ0v) is 13.4. The molecule has 1 aliphatic carbocycles. The van der Waals surface area contributed by atoms with Gasteiger partial charge >= 0.3 is 6.18 Å². The third-order valence-corrected chi connectivity index (χ3v) is 5.97. The Balaban J connectivity index is 2.09. The van der Waals surface area contributed by atoms with Crippen LogP contribution in [0.4, 0.5) is 13.2 Å². The first-order valence-corrected chi connectivity index (χ1v) is 8.36. The molecule has 0 amide bonds. The van der Waals surface area contributed by atoms with Gasteiger partial charge in [0, 0.05) is 23.4 Å². The number of aliphatic hydroxyl groups is 1. The summed E-state index contributed by atoms with van der Waals surface area (Å²) in [6.07, 6.45) is -6.18. The van der Waals surface area contributed by atoms with E-state index in [0.717, 1.165) is 0 Å². The summed E-state index contributed by atoms with van der Waals surface area (Å²) in [6.45, 7) is 0. The Labute approximate surface area is 132 Å². The van der Waals surface area contributed by atoms with Crippen molar-refractivity contribution >= 4 is 37.6 Å². The van der Waals surface area contributed by atoms with E-state index in [2.05, 4.69) is 20.7 Å². The minimum Gasteiger partial charge on any atom is -0.380 e. The van der Waals surface area contributed by atoms with Crippen LogP contribution < -0.4 is 4.72 Å². The Bertz CT molecular complexity index is 659. The van der Waals surface area contributed by atoms with Gasteiger partial charge in [0.25, 0.3) is 0 Å². The lowest BCUT2D eigenvalue weighted by Gasteiger charge is -2.44. The third-order valence-electron chi connectivity index (χ3n) is 3.22. The molecule has 0 saturated heterocycles. The Hall–Kier alpha value is -0.350. The lowest BCUT2D eigenvalue weighted by atomic mass is 9.76. The smallest absolute Gasteiger partial charge is 0.380 e. The van der Waals surface area contributed by atoms with Gasteiger partial charge in [0.05, 0.1) is 9.92 Å². The van der Waals surface area contributed by atoms with Gasteiger partial charge in [-0.2, -0.15) is 13.2 Å². The van der Waals surface area contributed by atoms with Crippen molar-refractivity contribution in [1.29, 1.82) is 0 Å². The molecule has 21 heavy (non-hydrogen) atoms. The van der Waals surface area contributed by atoms with Crippen molar-refractivity contribution < 1.29 is 26.7 Å². The fourth-order valence-corrected chi connectivity index (χ4v) is 3.76. The highest BCUT2D eigenvalue weighted by molar-refractivity contribution is 9.10. The minimum absolute atomic E-state index is 0.154. The van der Waals surface area contributed by atoms with Gasteiger partial charge in [0.15, 0.2) is 5.60 Å². The van der Waals surface area contributed by atoms with Crippen LogP contribution >= 0.6 is 27.5 Å². The molecule has 2 rings (SSSR count). The summed E-state index contributed by atoms with van der Waals surface area (Å²) < 4.78 is 64.0. The lowest BCUT2D eigenvalue weighted by Crippen LogP contribution is -2.62. The predicted molar refractivity (Wildman–Crippen MR) is 73.5 cm³/mol. The van der Waals surface area contributed by atoms with Crippen LogP contribution in [0.2, 0.25) is 5.02 Å². The highest BCUT2D eigenvalue weighted by Gasteiger charge is 2.61. The summed E-state index contributed by atoms with van der Waals surface area (Å²) in [7, 11) is -3.99. The maximum atomic E-state index is 12.5. The molecule has 10 heteroatoms. The molecule has 118 valence electrons. The van der Waals surface area contributed by atoms with Crippen molar-refractivity contribution in [3.8, 4) is 0 Å². The van der Waals surface area contributed by atoms with E-state index in [1.54, 1.807) is 0 Å². The molecular formula is C11H10BrClF3NO3S. The molecule has 2 N–H and O–H groups in total. The topological polar surface area (TPSA) is 66.4 Å². The fraction of sp³-hybridized carbons (Fsp3) is 0.455. The Kier molecular flexibility index (Phi) is 4.36. The van der Waals surface area contributed by atoms with E-state index in [1.165, 1.54) is 18.2 Å². The normalized spacial score (nSPS) is 26.5. The van der Waals surface area contributed by atoms with E-state index in [9.17, 15) is 26.7 Å². The molecule has 0 spiro atoms. The number of benzene rings is 1. The zero-order chi connectivity index (χ0) is 16.1. The number of rotatable bonds is 3. The summed E-state index contributed by atoms with van der Waals surface area (Å²) in [6, 6.07) is 2.91. The maximum Gasteiger partial charge on any atom is 0.417 e. The van der Waals surface area contributed by atoms with E-state index in [0.29, 0.717) is 4.47 Å². The van der Waals surface area contributed by atoms with Crippen LogP contribution in [0, 0.1) is 0 Å². The molecule has 0 aromatic heterocycles. The number of hydrogen-bond donors (Lipinski definition) is 2. The van der Waals surface area contributed by atoms with Gasteiger partial charge in [0.2, 0.25) is 10.0 Å². The first-order valence-electron chi connectivity index (χ1n) is 5.71. The molecule has 0 radical (unpaired) electrons. The number of alkyl halides is 3. The molecule has 0 unspecified atom stereocenters. The van der Waals surface area contributed by atoms with Gasteiger partial charge in [0.1, 0.15) is 0 Å². The number of halogens is 5. The minimum atomic E-state index is -4.77. The summed E-state index contributed by atoms with van der Waals surface area (Å²) in [5.74, 6) is 0. The van der Waals surface area contributed by atoms with Crippen LogP contribution in [0.1, 0.15) is 12.8 Å². The quantitative estimate of drug-likeness (QED) is 0.808. The molecule has 1 aromatic rings. The number of sulfonamides is 1. The summed E-state index contributed by atoms with van der Waals surface area (Å²) in [4.78, 5) is -0.154. The highest BCUT2D eigenvalue weighted by atomic mass is 79.9. The van der Waals surface area contributed by atoms with E-state index in [-0.39, 0.29) is 9.92 Å². The standard InChI is InChI=1S/C11H10BrClF3NO3S/c12-8-2-1-7(3-9(8)13)21(19,20)17-6-4-10(18,5-6)11(14,15)16/h1-3,6,17-18H,4-5H2. The van der Waals surface area contributed by atoms with Crippen LogP contribution in [0.5, 0.6) is 0 Å². The Morgan fingerprint density at radius 3 is 2.43 bits per heavy atom. The van der Waals surface area contributed by atoms with Crippen molar-refractivity contribution in [1.82, 2.24) is 4.72 Å². The zero-order valence-electron chi connectivity index (χ0n) is 10.3. The second kappa shape index (κ2) is 5.38. The van der Waals surface area contributed by atoms with Crippen molar-refractivity contribution in [2.45, 2.75) is 35.6 Å². The highest BCUT2D eigenvalue weighted by Crippen LogP contribution is 2.45. The summed E-state index contributed by atoms with van der Waals surface area (Å²) in [5, 5.41) is 9.44. The van der Waals surface area contributed by atoms with Gasteiger partial charge in [-0.15, -0.1) is 0 Å². The third kappa shape index (κ3) is 3.37. The molecule has 0 bridgehead atoms. The van der Waals surface area contributed by atoms with Crippen LogP contribution in [0.25, 0.3) is 0 Å². The van der Waals surface area contributed by atoms with Gasteiger partial charge in [-0.1, -0.05) is 11.6 Å². The molecule has 0 heterocycles. The van der Waals surface area contributed by atoms with Crippen molar-refractivity contribution in [2.24, 2.45) is 0 Å². The van der Waals surface area contributed by atoms with Gasteiger partial charge < -0.3 is 5.11 Å². The first-order chi connectivity index (χ1) is 9.45. The second-order valence-electron chi connectivity index (χ2n) is 4.83. The van der Waals surface area contributed by atoms with Gasteiger partial charge in [-0.25, -0.2) is 13.1 Å². The van der Waals surface area contributed by atoms with Crippen molar-refractivity contribution in [3.63, 3.8) is 0 Å². The average molecular weight is 409 g/mol. The lowest BCUT2D eigenvalue weighted by molar-refractivity contribution is -0.290. The van der Waals surface area contributed by atoms with Gasteiger partial charge in [-0.3, -0.25) is 0 Å². The second-order valence-corrected chi connectivity index (χ2v) is 7.81. The molecular weight excluding hydrogens is 399 g/mol. The van der Waals surface area contributed by atoms with Crippen LogP contribution in [-0.2, 0) is 10.0 Å². The number of nitrogens with one attached hydrogen (secondary N) is 1. The molecule has 1 aliphatic rings. The Morgan fingerprint density at radius 1 is 1.38 bits per heavy atom. The van der Waals surface area contributed by atoms with E-state index < -0.39 is 40.7 Å². The van der Waals surface area contributed by atoms with Crippen molar-refractivity contribution in [3.05, 3.63) is 27.7 Å². The molecule has 1 aromatic carbocycles. The van der Waals surface area contributed by atoms with Crippen LogP contribution in [0.3, 0.4) is 0 Å². The van der Waals surface area contributed by atoms with Gasteiger partial charge in [-0.05, 0) is 34.1 Å². The molecule has 0 atom stereocenters. The monoisotopic (exact) mass is 407 g/mol. The number of hydrogen-bond acceptors (Lipinski definition) is 3. The largest absolute Gasteiger partial charge is 0.417 e. The summed E-state index contributed by atoms with van der Waals surface area (Å²) >= 11 is 8.88.